The van der Waals surface area contributed by atoms with Crippen molar-refractivity contribution in [2.75, 3.05) is 44.8 Å². The summed E-state index contributed by atoms with van der Waals surface area (Å²) in [5.41, 5.74) is 0. The molecule has 10 heteroatoms. The van der Waals surface area contributed by atoms with Gasteiger partial charge in [-0.3, -0.25) is 9.69 Å². The van der Waals surface area contributed by atoms with E-state index in [1.165, 1.54) is 0 Å². The van der Waals surface area contributed by atoms with Gasteiger partial charge < -0.3 is 14.2 Å². The summed E-state index contributed by atoms with van der Waals surface area (Å²) in [5, 5.41) is 0.449. The second-order valence-electron chi connectivity index (χ2n) is 4.52. The smallest absolute Gasteiger partial charge is 0.331 e. The van der Waals surface area contributed by atoms with Gasteiger partial charge in [0.05, 0.1) is 13.2 Å². The van der Waals surface area contributed by atoms with Gasteiger partial charge in [0.2, 0.25) is 0 Å². The zero-order valence-corrected chi connectivity index (χ0v) is 18.0. The van der Waals surface area contributed by atoms with E-state index >= 15 is 0 Å². The molecular formula is C12H17Br4NO5. The quantitative estimate of drug-likeness (QED) is 0.327. The Morgan fingerprint density at radius 3 is 2.32 bits per heavy atom. The molecule has 0 aromatic rings. The summed E-state index contributed by atoms with van der Waals surface area (Å²) in [7, 11) is 0. The van der Waals surface area contributed by atoms with Crippen LogP contribution in [0.25, 0.3) is 0 Å². The summed E-state index contributed by atoms with van der Waals surface area (Å²) in [6.45, 7) is 3.33. The molecule has 0 aromatic carbocycles. The van der Waals surface area contributed by atoms with Crippen molar-refractivity contribution in [1.82, 2.24) is 4.90 Å². The maximum absolute atomic E-state index is 11.7. The SMILES string of the molecule is O=C(OC(COC(=O)C(Br)CBr)CN1CCOCC1)C(Br)Br. The number of hydrogen-bond donors (Lipinski definition) is 0. The number of nitrogens with zero attached hydrogens (tertiary/aromatic N) is 1. The summed E-state index contributed by atoms with van der Waals surface area (Å²) < 4.78 is 15.3. The molecule has 128 valence electrons. The van der Waals surface area contributed by atoms with Gasteiger partial charge in [-0.15, -0.1) is 0 Å². The van der Waals surface area contributed by atoms with Gasteiger partial charge in [-0.1, -0.05) is 63.7 Å². The first-order chi connectivity index (χ1) is 10.4. The maximum Gasteiger partial charge on any atom is 0.331 e. The van der Waals surface area contributed by atoms with Gasteiger partial charge in [0.25, 0.3) is 0 Å². The van der Waals surface area contributed by atoms with Crippen molar-refractivity contribution < 1.29 is 23.8 Å². The van der Waals surface area contributed by atoms with Crippen LogP contribution >= 0.6 is 63.7 Å². The number of ether oxygens (including phenoxy) is 3. The van der Waals surface area contributed by atoms with Crippen LogP contribution in [0.1, 0.15) is 0 Å². The van der Waals surface area contributed by atoms with Gasteiger partial charge in [0.15, 0.2) is 3.74 Å². The predicted octanol–water partition coefficient (Wildman–Crippen LogP) is 2.05. The molecule has 1 heterocycles. The van der Waals surface area contributed by atoms with Crippen LogP contribution < -0.4 is 0 Å². The molecule has 0 bridgehead atoms. The Balaban J connectivity index is 2.52. The number of alkyl halides is 4. The molecule has 22 heavy (non-hydrogen) atoms. The van der Waals surface area contributed by atoms with E-state index in [2.05, 4.69) is 68.6 Å². The van der Waals surface area contributed by atoms with Crippen LogP contribution in [-0.2, 0) is 23.8 Å². The number of esters is 2. The second kappa shape index (κ2) is 11.4. The summed E-state index contributed by atoms with van der Waals surface area (Å²) in [4.78, 5) is 25.1. The van der Waals surface area contributed by atoms with Gasteiger partial charge in [-0.05, 0) is 0 Å². The third kappa shape index (κ3) is 8.05. The highest BCUT2D eigenvalue weighted by Gasteiger charge is 2.25. The zero-order valence-electron chi connectivity index (χ0n) is 11.7. The number of carbonyl (C=O) groups excluding carboxylic acids is 2. The van der Waals surface area contributed by atoms with Crippen LogP contribution in [0, 0.1) is 0 Å². The monoisotopic (exact) mass is 571 g/mol. The van der Waals surface area contributed by atoms with Crippen molar-refractivity contribution in [2.45, 2.75) is 14.7 Å². The van der Waals surface area contributed by atoms with Crippen LogP contribution in [-0.4, -0.2) is 76.3 Å². The Labute approximate surface area is 163 Å². The van der Waals surface area contributed by atoms with Crippen molar-refractivity contribution >= 4 is 75.7 Å². The lowest BCUT2D eigenvalue weighted by Crippen LogP contribution is -2.44. The predicted molar refractivity (Wildman–Crippen MR) is 96.2 cm³/mol. The zero-order chi connectivity index (χ0) is 16.5. The normalized spacial score (nSPS) is 18.8. The van der Waals surface area contributed by atoms with Crippen LogP contribution in [0.15, 0.2) is 0 Å². The van der Waals surface area contributed by atoms with Crippen LogP contribution in [0.2, 0.25) is 0 Å². The number of hydrogen-bond acceptors (Lipinski definition) is 6. The van der Waals surface area contributed by atoms with E-state index in [0.29, 0.717) is 25.1 Å². The first-order valence-corrected chi connectivity index (χ1v) is 10.5. The molecule has 0 aromatic heterocycles. The molecule has 1 saturated heterocycles. The number of morpholine rings is 1. The molecule has 1 aliphatic rings. The molecule has 6 nitrogen and oxygen atoms in total. The minimum absolute atomic E-state index is 0.0176. The topological polar surface area (TPSA) is 65.1 Å². The van der Waals surface area contributed by atoms with Crippen molar-refractivity contribution in [1.29, 1.82) is 0 Å². The van der Waals surface area contributed by atoms with Gasteiger partial charge >= 0.3 is 11.9 Å². The summed E-state index contributed by atoms with van der Waals surface area (Å²) in [6.07, 6.45) is -0.526. The first-order valence-electron chi connectivity index (χ1n) is 6.59. The Morgan fingerprint density at radius 2 is 1.77 bits per heavy atom. The van der Waals surface area contributed by atoms with Gasteiger partial charge in [-0.2, -0.15) is 0 Å². The van der Waals surface area contributed by atoms with E-state index in [-0.39, 0.29) is 6.61 Å². The highest BCUT2D eigenvalue weighted by molar-refractivity contribution is 9.25. The van der Waals surface area contributed by atoms with E-state index in [1.54, 1.807) is 0 Å². The minimum atomic E-state index is -0.589. The summed E-state index contributed by atoms with van der Waals surface area (Å²) in [5.74, 6) is -0.848. The molecule has 1 fully saturated rings. The third-order valence-corrected chi connectivity index (χ3v) is 5.79. The highest BCUT2D eigenvalue weighted by Crippen LogP contribution is 2.13. The van der Waals surface area contributed by atoms with Gasteiger partial charge in [0, 0.05) is 25.0 Å². The van der Waals surface area contributed by atoms with Crippen molar-refractivity contribution in [3.63, 3.8) is 0 Å². The van der Waals surface area contributed by atoms with Crippen LogP contribution in [0.5, 0.6) is 0 Å². The average Bonchev–Trinajstić information content (AvgIpc) is 2.52. The lowest BCUT2D eigenvalue weighted by Gasteiger charge is -2.30. The molecule has 0 spiro atoms. The fraction of sp³-hybridized carbons (Fsp3) is 0.833. The number of carbonyl (C=O) groups is 2. The van der Waals surface area contributed by atoms with E-state index < -0.39 is 26.6 Å². The Bertz CT molecular complexity index is 365. The molecule has 0 N–H and O–H groups in total. The highest BCUT2D eigenvalue weighted by atomic mass is 79.9. The Hall–Kier alpha value is 0.780. The summed E-state index contributed by atoms with van der Waals surface area (Å²) >= 11 is 12.6. The maximum atomic E-state index is 11.7. The van der Waals surface area contributed by atoms with E-state index in [4.69, 9.17) is 14.2 Å². The minimum Gasteiger partial charge on any atom is -0.461 e. The molecule has 0 radical (unpaired) electrons. The number of halogens is 4. The fourth-order valence-corrected chi connectivity index (χ4v) is 2.35. The van der Waals surface area contributed by atoms with E-state index in [9.17, 15) is 9.59 Å². The Morgan fingerprint density at radius 1 is 1.14 bits per heavy atom. The number of rotatable bonds is 8. The molecule has 1 aliphatic heterocycles. The summed E-state index contributed by atoms with van der Waals surface area (Å²) in [6, 6.07) is 0. The van der Waals surface area contributed by atoms with Gasteiger partial charge in [-0.25, -0.2) is 4.79 Å². The van der Waals surface area contributed by atoms with Crippen LogP contribution in [0.3, 0.4) is 0 Å². The van der Waals surface area contributed by atoms with Crippen molar-refractivity contribution in [3.05, 3.63) is 0 Å². The average molecular weight is 575 g/mol. The lowest BCUT2D eigenvalue weighted by atomic mass is 10.3. The molecule has 0 amide bonds. The van der Waals surface area contributed by atoms with Crippen molar-refractivity contribution in [3.8, 4) is 0 Å². The molecule has 1 rings (SSSR count). The van der Waals surface area contributed by atoms with Crippen LogP contribution in [0.4, 0.5) is 0 Å². The molecule has 2 atom stereocenters. The molecule has 0 aliphatic carbocycles. The van der Waals surface area contributed by atoms with E-state index in [0.717, 1.165) is 13.1 Å². The lowest BCUT2D eigenvalue weighted by molar-refractivity contribution is -0.158. The Kier molecular flexibility index (Phi) is 10.7. The van der Waals surface area contributed by atoms with E-state index in [1.807, 2.05) is 0 Å². The van der Waals surface area contributed by atoms with Crippen molar-refractivity contribution in [2.24, 2.45) is 0 Å². The molecular weight excluding hydrogens is 558 g/mol. The first kappa shape index (κ1) is 20.8. The van der Waals surface area contributed by atoms with Gasteiger partial charge in [0.1, 0.15) is 17.5 Å². The largest absolute Gasteiger partial charge is 0.461 e. The fourth-order valence-electron chi connectivity index (χ4n) is 1.74. The second-order valence-corrected chi connectivity index (χ2v) is 9.34. The molecule has 2 unspecified atom stereocenters. The standard InChI is InChI=1S/C12H17Br4NO5/c13-5-9(14)11(18)21-7-8(22-12(19)10(15)16)6-17-1-3-20-4-2-17/h8-10H,1-7H2. The third-order valence-electron chi connectivity index (χ3n) is 2.83. The molecule has 0 saturated carbocycles.